The fourth-order valence-corrected chi connectivity index (χ4v) is 4.30. The van der Waals surface area contributed by atoms with Crippen LogP contribution in [0.4, 0.5) is 11.4 Å². The summed E-state index contributed by atoms with van der Waals surface area (Å²) in [5.41, 5.74) is 2.70. The van der Waals surface area contributed by atoms with Crippen molar-refractivity contribution >= 4 is 29.0 Å². The lowest BCUT2D eigenvalue weighted by Gasteiger charge is -2.41. The van der Waals surface area contributed by atoms with Crippen molar-refractivity contribution < 1.29 is 19.1 Å². The standard InChI is InChI=1S/C27H26N2O4/c1-18(30)20-9-6-10-21(17-20)28-27(32)24-15-16-25(31)29(22-11-13-23(33-2)14-12-22)26(24)19-7-4-3-5-8-19/h3-14,17,24,26H,15-16H2,1-2H3,(H,28,32)/t24-,26-/m0/s1. The molecule has 0 aliphatic carbocycles. The van der Waals surface area contributed by atoms with Crippen molar-refractivity contribution in [3.63, 3.8) is 0 Å². The van der Waals surface area contributed by atoms with E-state index in [0.717, 1.165) is 5.56 Å². The normalized spacial score (nSPS) is 18.0. The molecule has 1 heterocycles. The summed E-state index contributed by atoms with van der Waals surface area (Å²) in [7, 11) is 1.59. The Kier molecular flexibility index (Phi) is 6.54. The molecule has 1 saturated heterocycles. The highest BCUT2D eigenvalue weighted by Gasteiger charge is 2.41. The van der Waals surface area contributed by atoms with Gasteiger partial charge in [-0.3, -0.25) is 14.4 Å². The van der Waals surface area contributed by atoms with Gasteiger partial charge in [0.05, 0.1) is 19.1 Å². The second kappa shape index (κ2) is 9.69. The number of Topliss-reactive ketones (excluding diaryl/α,β-unsaturated/α-hetero) is 1. The van der Waals surface area contributed by atoms with E-state index >= 15 is 0 Å². The number of rotatable bonds is 6. The highest BCUT2D eigenvalue weighted by molar-refractivity contribution is 6.01. The molecule has 6 heteroatoms. The third-order valence-electron chi connectivity index (χ3n) is 5.96. The molecule has 1 aliphatic rings. The van der Waals surface area contributed by atoms with Crippen LogP contribution < -0.4 is 15.0 Å². The molecule has 1 fully saturated rings. The summed E-state index contributed by atoms with van der Waals surface area (Å²) >= 11 is 0. The lowest BCUT2D eigenvalue weighted by Crippen LogP contribution is -2.46. The Morgan fingerprint density at radius 3 is 2.36 bits per heavy atom. The molecule has 33 heavy (non-hydrogen) atoms. The minimum absolute atomic E-state index is 0.0309. The summed E-state index contributed by atoms with van der Waals surface area (Å²) in [4.78, 5) is 40.0. The largest absolute Gasteiger partial charge is 0.497 e. The number of carbonyl (C=O) groups is 3. The number of methoxy groups -OCH3 is 1. The van der Waals surface area contributed by atoms with Crippen LogP contribution in [0.15, 0.2) is 78.9 Å². The first-order chi connectivity index (χ1) is 16.0. The average molecular weight is 443 g/mol. The number of nitrogens with zero attached hydrogens (tertiary/aromatic N) is 1. The van der Waals surface area contributed by atoms with Crippen LogP contribution in [0.25, 0.3) is 0 Å². The van der Waals surface area contributed by atoms with Gasteiger partial charge >= 0.3 is 0 Å². The molecule has 6 nitrogen and oxygen atoms in total. The molecule has 2 amide bonds. The van der Waals surface area contributed by atoms with E-state index in [1.807, 2.05) is 54.6 Å². The van der Waals surface area contributed by atoms with E-state index in [-0.39, 0.29) is 24.0 Å². The smallest absolute Gasteiger partial charge is 0.229 e. The number of piperidine rings is 1. The first-order valence-corrected chi connectivity index (χ1v) is 10.9. The molecular weight excluding hydrogens is 416 g/mol. The zero-order valence-electron chi connectivity index (χ0n) is 18.7. The molecular formula is C27H26N2O4. The molecule has 1 N–H and O–H groups in total. The maximum atomic E-state index is 13.5. The van der Waals surface area contributed by atoms with E-state index in [2.05, 4.69) is 5.32 Å². The fourth-order valence-electron chi connectivity index (χ4n) is 4.30. The number of benzene rings is 3. The van der Waals surface area contributed by atoms with Gasteiger partial charge in [-0.25, -0.2) is 0 Å². The van der Waals surface area contributed by atoms with Crippen molar-refractivity contribution in [2.24, 2.45) is 5.92 Å². The quantitative estimate of drug-likeness (QED) is 0.544. The molecule has 3 aromatic carbocycles. The van der Waals surface area contributed by atoms with Gasteiger partial charge in [0.2, 0.25) is 11.8 Å². The lowest BCUT2D eigenvalue weighted by atomic mass is 9.83. The number of amides is 2. The number of ketones is 1. The molecule has 2 atom stereocenters. The molecule has 1 aliphatic heterocycles. The monoisotopic (exact) mass is 442 g/mol. The SMILES string of the molecule is COc1ccc(N2C(=O)CC[C@H](C(=O)Nc3cccc(C(C)=O)c3)[C@@H]2c2ccccc2)cc1. The topological polar surface area (TPSA) is 75.7 Å². The van der Waals surface area contributed by atoms with Crippen molar-refractivity contribution in [3.8, 4) is 5.75 Å². The maximum absolute atomic E-state index is 13.5. The Morgan fingerprint density at radius 2 is 1.70 bits per heavy atom. The van der Waals surface area contributed by atoms with Crippen molar-refractivity contribution in [3.05, 3.63) is 90.0 Å². The number of anilines is 2. The minimum Gasteiger partial charge on any atom is -0.497 e. The molecule has 0 saturated carbocycles. The lowest BCUT2D eigenvalue weighted by molar-refractivity contribution is -0.125. The van der Waals surface area contributed by atoms with Crippen LogP contribution in [0.1, 0.15) is 41.7 Å². The van der Waals surface area contributed by atoms with E-state index in [9.17, 15) is 14.4 Å². The molecule has 0 unspecified atom stereocenters. The van der Waals surface area contributed by atoms with Gasteiger partial charge in [0.15, 0.2) is 5.78 Å². The van der Waals surface area contributed by atoms with E-state index in [4.69, 9.17) is 4.74 Å². The Balaban J connectivity index is 1.70. The predicted molar refractivity (Wildman–Crippen MR) is 127 cm³/mol. The molecule has 4 rings (SSSR count). The van der Waals surface area contributed by atoms with Crippen molar-refractivity contribution in [2.75, 3.05) is 17.3 Å². The van der Waals surface area contributed by atoms with Crippen molar-refractivity contribution in [1.82, 2.24) is 0 Å². The molecule has 0 spiro atoms. The molecule has 0 bridgehead atoms. The minimum atomic E-state index is -0.465. The van der Waals surface area contributed by atoms with Gasteiger partial charge in [-0.05, 0) is 55.3 Å². The molecule has 168 valence electrons. The maximum Gasteiger partial charge on any atom is 0.229 e. The van der Waals surface area contributed by atoms with Gasteiger partial charge in [0.25, 0.3) is 0 Å². The Morgan fingerprint density at radius 1 is 0.970 bits per heavy atom. The molecule has 0 aromatic heterocycles. The average Bonchev–Trinajstić information content (AvgIpc) is 2.84. The second-order valence-corrected chi connectivity index (χ2v) is 8.09. The zero-order chi connectivity index (χ0) is 23.4. The summed E-state index contributed by atoms with van der Waals surface area (Å²) in [5, 5.41) is 2.96. The van der Waals surface area contributed by atoms with Crippen molar-refractivity contribution in [1.29, 1.82) is 0 Å². The number of carbonyl (C=O) groups excluding carboxylic acids is 3. The highest BCUT2D eigenvalue weighted by Crippen LogP contribution is 2.40. The van der Waals surface area contributed by atoms with Crippen LogP contribution >= 0.6 is 0 Å². The van der Waals surface area contributed by atoms with Crippen LogP contribution in [0, 0.1) is 5.92 Å². The van der Waals surface area contributed by atoms with Gasteiger partial charge in [0, 0.05) is 23.4 Å². The Hall–Kier alpha value is -3.93. The number of ether oxygens (including phenoxy) is 1. The molecule has 0 radical (unpaired) electrons. The van der Waals surface area contributed by atoms with Crippen LogP contribution in [-0.2, 0) is 9.59 Å². The van der Waals surface area contributed by atoms with E-state index < -0.39 is 12.0 Å². The molecule has 3 aromatic rings. The van der Waals surface area contributed by atoms with Gasteiger partial charge in [0.1, 0.15) is 5.75 Å². The highest BCUT2D eigenvalue weighted by atomic mass is 16.5. The van der Waals surface area contributed by atoms with Crippen molar-refractivity contribution in [2.45, 2.75) is 25.8 Å². The summed E-state index contributed by atoms with van der Waals surface area (Å²) in [6.07, 6.45) is 0.699. The fraction of sp³-hybridized carbons (Fsp3) is 0.222. The van der Waals surface area contributed by atoms with Crippen LogP contribution in [0.3, 0.4) is 0 Å². The van der Waals surface area contributed by atoms with E-state index in [1.54, 1.807) is 36.3 Å². The number of nitrogens with one attached hydrogen (secondary N) is 1. The summed E-state index contributed by atoms with van der Waals surface area (Å²) in [5.74, 6) is -0.0540. The number of hydrogen-bond acceptors (Lipinski definition) is 4. The van der Waals surface area contributed by atoms with Crippen LogP contribution in [0.5, 0.6) is 5.75 Å². The van der Waals surface area contributed by atoms with E-state index in [1.165, 1.54) is 6.92 Å². The first-order valence-electron chi connectivity index (χ1n) is 10.9. The predicted octanol–water partition coefficient (Wildman–Crippen LogP) is 5.02. The summed E-state index contributed by atoms with van der Waals surface area (Å²) < 4.78 is 5.26. The van der Waals surface area contributed by atoms with Crippen LogP contribution in [-0.4, -0.2) is 24.7 Å². The van der Waals surface area contributed by atoms with Gasteiger partial charge in [-0.1, -0.05) is 42.5 Å². The van der Waals surface area contributed by atoms with Gasteiger partial charge < -0.3 is 15.0 Å². The second-order valence-electron chi connectivity index (χ2n) is 8.09. The zero-order valence-corrected chi connectivity index (χ0v) is 18.7. The van der Waals surface area contributed by atoms with Gasteiger partial charge in [-0.15, -0.1) is 0 Å². The Bertz CT molecular complexity index is 1160. The Labute approximate surface area is 193 Å². The van der Waals surface area contributed by atoms with Crippen LogP contribution in [0.2, 0.25) is 0 Å². The summed E-state index contributed by atoms with van der Waals surface area (Å²) in [6.45, 7) is 1.49. The first kappa shape index (κ1) is 22.3. The van der Waals surface area contributed by atoms with E-state index in [0.29, 0.717) is 29.1 Å². The van der Waals surface area contributed by atoms with Gasteiger partial charge in [-0.2, -0.15) is 0 Å². The summed E-state index contributed by atoms with van der Waals surface area (Å²) in [6, 6.07) is 23.3. The number of hydrogen-bond donors (Lipinski definition) is 1. The third kappa shape index (κ3) is 4.80. The third-order valence-corrected chi connectivity index (χ3v) is 5.96.